The zero-order valence-corrected chi connectivity index (χ0v) is 10.7. The van der Waals surface area contributed by atoms with Gasteiger partial charge in [-0.2, -0.15) is 5.10 Å². The maximum absolute atomic E-state index is 5.79. The Kier molecular flexibility index (Phi) is 4.57. The monoisotopic (exact) mass is 256 g/mol. The van der Waals surface area contributed by atoms with Gasteiger partial charge in [0.1, 0.15) is 6.10 Å². The van der Waals surface area contributed by atoms with E-state index in [-0.39, 0.29) is 6.10 Å². The number of ether oxygens (including phenoxy) is 2. The molecule has 0 bridgehead atoms. The average Bonchev–Trinajstić information content (AvgIpc) is 2.40. The molecule has 0 N–H and O–H groups in total. The predicted molar refractivity (Wildman–Crippen MR) is 65.3 cm³/mol. The summed E-state index contributed by atoms with van der Waals surface area (Å²) >= 11 is 5.65. The summed E-state index contributed by atoms with van der Waals surface area (Å²) in [5.74, 6) is 0.947. The lowest BCUT2D eigenvalue weighted by atomic mass is 9.95. The van der Waals surface area contributed by atoms with E-state index in [1.807, 2.05) is 12.1 Å². The van der Waals surface area contributed by atoms with Crippen molar-refractivity contribution in [2.75, 3.05) is 7.11 Å². The topological polar surface area (TPSA) is 44.2 Å². The summed E-state index contributed by atoms with van der Waals surface area (Å²) in [6.45, 7) is 0. The minimum absolute atomic E-state index is 0.185. The molecular formula is C12H17ClN2O2. The van der Waals surface area contributed by atoms with Crippen molar-refractivity contribution in [2.45, 2.75) is 43.8 Å². The van der Waals surface area contributed by atoms with E-state index < -0.39 is 0 Å². The van der Waals surface area contributed by atoms with Gasteiger partial charge in [0, 0.05) is 19.6 Å². The van der Waals surface area contributed by atoms with E-state index in [0.717, 1.165) is 31.4 Å². The molecule has 17 heavy (non-hydrogen) atoms. The van der Waals surface area contributed by atoms with Crippen molar-refractivity contribution < 1.29 is 9.47 Å². The fourth-order valence-electron chi connectivity index (χ4n) is 2.08. The van der Waals surface area contributed by atoms with Crippen LogP contribution in [0, 0.1) is 0 Å². The van der Waals surface area contributed by atoms with Gasteiger partial charge in [-0.05, 0) is 25.3 Å². The molecule has 94 valence electrons. The SMILES string of the molecule is COC1CCCC(Oc2ccc(CCl)nn2)C1. The van der Waals surface area contributed by atoms with Crippen LogP contribution in [0.4, 0.5) is 0 Å². The first-order valence-corrected chi connectivity index (χ1v) is 6.43. The van der Waals surface area contributed by atoms with E-state index in [2.05, 4.69) is 10.2 Å². The number of halogens is 1. The van der Waals surface area contributed by atoms with Gasteiger partial charge in [0.2, 0.25) is 5.88 Å². The van der Waals surface area contributed by atoms with Crippen LogP contribution in [0.25, 0.3) is 0 Å². The largest absolute Gasteiger partial charge is 0.473 e. The Bertz CT molecular complexity index is 345. The molecule has 1 aliphatic carbocycles. The number of rotatable bonds is 4. The van der Waals surface area contributed by atoms with Gasteiger partial charge in [-0.15, -0.1) is 16.7 Å². The van der Waals surface area contributed by atoms with E-state index in [9.17, 15) is 0 Å². The number of nitrogens with zero attached hydrogens (tertiary/aromatic N) is 2. The Morgan fingerprint density at radius 3 is 2.76 bits per heavy atom. The van der Waals surface area contributed by atoms with Crippen LogP contribution in [0.2, 0.25) is 0 Å². The third kappa shape index (κ3) is 3.54. The van der Waals surface area contributed by atoms with Gasteiger partial charge in [0.25, 0.3) is 0 Å². The molecule has 5 heteroatoms. The van der Waals surface area contributed by atoms with E-state index in [0.29, 0.717) is 17.9 Å². The first kappa shape index (κ1) is 12.6. The smallest absolute Gasteiger partial charge is 0.233 e. The van der Waals surface area contributed by atoms with Crippen LogP contribution in [0.5, 0.6) is 5.88 Å². The predicted octanol–water partition coefficient (Wildman–Crippen LogP) is 2.55. The molecule has 0 aromatic carbocycles. The molecule has 0 spiro atoms. The third-order valence-electron chi connectivity index (χ3n) is 3.03. The summed E-state index contributed by atoms with van der Waals surface area (Å²) in [6.07, 6.45) is 4.73. The normalized spacial score (nSPS) is 24.6. The van der Waals surface area contributed by atoms with Crippen LogP contribution < -0.4 is 4.74 Å². The average molecular weight is 257 g/mol. The number of aromatic nitrogens is 2. The maximum atomic E-state index is 5.79. The summed E-state index contributed by atoms with van der Waals surface area (Å²) in [6, 6.07) is 3.66. The van der Waals surface area contributed by atoms with E-state index >= 15 is 0 Å². The summed E-state index contributed by atoms with van der Waals surface area (Å²) in [7, 11) is 1.75. The van der Waals surface area contributed by atoms with Crippen molar-refractivity contribution in [2.24, 2.45) is 0 Å². The molecule has 0 saturated heterocycles. The van der Waals surface area contributed by atoms with E-state index in [1.165, 1.54) is 0 Å². The minimum Gasteiger partial charge on any atom is -0.473 e. The molecule has 1 aromatic rings. The Morgan fingerprint density at radius 1 is 1.29 bits per heavy atom. The highest BCUT2D eigenvalue weighted by Gasteiger charge is 2.23. The number of alkyl halides is 1. The second-order valence-electron chi connectivity index (χ2n) is 4.26. The summed E-state index contributed by atoms with van der Waals surface area (Å²) in [4.78, 5) is 0. The molecule has 0 radical (unpaired) electrons. The zero-order valence-electron chi connectivity index (χ0n) is 9.93. The lowest BCUT2D eigenvalue weighted by Gasteiger charge is -2.28. The van der Waals surface area contributed by atoms with Crippen molar-refractivity contribution in [1.29, 1.82) is 0 Å². The van der Waals surface area contributed by atoms with Crippen LogP contribution in [-0.4, -0.2) is 29.5 Å². The molecule has 1 aliphatic rings. The second kappa shape index (κ2) is 6.17. The van der Waals surface area contributed by atoms with E-state index in [1.54, 1.807) is 7.11 Å². The van der Waals surface area contributed by atoms with Crippen molar-refractivity contribution in [3.63, 3.8) is 0 Å². The lowest BCUT2D eigenvalue weighted by molar-refractivity contribution is 0.0192. The van der Waals surface area contributed by atoms with Crippen molar-refractivity contribution >= 4 is 11.6 Å². The highest BCUT2D eigenvalue weighted by Crippen LogP contribution is 2.24. The van der Waals surface area contributed by atoms with Crippen LogP contribution in [0.1, 0.15) is 31.4 Å². The zero-order chi connectivity index (χ0) is 12.1. The molecule has 1 heterocycles. The van der Waals surface area contributed by atoms with Gasteiger partial charge in [-0.25, -0.2) is 0 Å². The molecule has 2 atom stereocenters. The molecule has 2 unspecified atom stereocenters. The van der Waals surface area contributed by atoms with Crippen LogP contribution in [0.3, 0.4) is 0 Å². The molecular weight excluding hydrogens is 240 g/mol. The molecule has 4 nitrogen and oxygen atoms in total. The Morgan fingerprint density at radius 2 is 2.12 bits per heavy atom. The van der Waals surface area contributed by atoms with Gasteiger partial charge in [-0.1, -0.05) is 0 Å². The molecule has 0 aliphatic heterocycles. The third-order valence-corrected chi connectivity index (χ3v) is 3.30. The standard InChI is InChI=1S/C12H17ClN2O2/c1-16-10-3-2-4-11(7-10)17-12-6-5-9(8-13)14-15-12/h5-6,10-11H,2-4,7-8H2,1H3. The van der Waals surface area contributed by atoms with Crippen molar-refractivity contribution in [3.05, 3.63) is 17.8 Å². The number of hydrogen-bond donors (Lipinski definition) is 0. The van der Waals surface area contributed by atoms with Gasteiger partial charge in [0.15, 0.2) is 0 Å². The highest BCUT2D eigenvalue weighted by atomic mass is 35.5. The van der Waals surface area contributed by atoms with Gasteiger partial charge in [-0.3, -0.25) is 0 Å². The van der Waals surface area contributed by atoms with Gasteiger partial charge < -0.3 is 9.47 Å². The fourth-order valence-corrected chi connectivity index (χ4v) is 2.22. The second-order valence-corrected chi connectivity index (χ2v) is 4.53. The number of hydrogen-bond acceptors (Lipinski definition) is 4. The first-order valence-electron chi connectivity index (χ1n) is 5.90. The van der Waals surface area contributed by atoms with Crippen molar-refractivity contribution in [1.82, 2.24) is 10.2 Å². The lowest BCUT2D eigenvalue weighted by Crippen LogP contribution is -2.29. The molecule has 1 saturated carbocycles. The Hall–Kier alpha value is -0.870. The van der Waals surface area contributed by atoms with Crippen molar-refractivity contribution in [3.8, 4) is 5.88 Å². The highest BCUT2D eigenvalue weighted by molar-refractivity contribution is 6.16. The first-order chi connectivity index (χ1) is 8.31. The quantitative estimate of drug-likeness (QED) is 0.777. The summed E-state index contributed by atoms with van der Waals surface area (Å²) < 4.78 is 11.2. The Balaban J connectivity index is 1.90. The minimum atomic E-state index is 0.185. The number of methoxy groups -OCH3 is 1. The fraction of sp³-hybridized carbons (Fsp3) is 0.667. The summed E-state index contributed by atoms with van der Waals surface area (Å²) in [5, 5.41) is 7.96. The van der Waals surface area contributed by atoms with E-state index in [4.69, 9.17) is 21.1 Å². The maximum Gasteiger partial charge on any atom is 0.233 e. The van der Waals surface area contributed by atoms with Gasteiger partial charge >= 0.3 is 0 Å². The molecule has 1 aromatic heterocycles. The van der Waals surface area contributed by atoms with Gasteiger partial charge in [0.05, 0.1) is 17.7 Å². The van der Waals surface area contributed by atoms with Crippen LogP contribution >= 0.6 is 11.6 Å². The molecule has 0 amide bonds. The van der Waals surface area contributed by atoms with Crippen LogP contribution in [-0.2, 0) is 10.6 Å². The molecule has 1 fully saturated rings. The summed E-state index contributed by atoms with van der Waals surface area (Å²) in [5.41, 5.74) is 0.762. The Labute approximate surface area is 106 Å². The van der Waals surface area contributed by atoms with Crippen LogP contribution in [0.15, 0.2) is 12.1 Å². The molecule has 2 rings (SSSR count).